The lowest BCUT2D eigenvalue weighted by molar-refractivity contribution is -0.142. The Kier molecular flexibility index (Phi) is 11.5. The number of benzene rings is 1. The molecule has 1 saturated heterocycles. The molecule has 208 valence electrons. The first-order valence-corrected chi connectivity index (χ1v) is 12.2. The normalized spacial score (nSPS) is 17.0. The molecule has 2 rings (SSSR count). The summed E-state index contributed by atoms with van der Waals surface area (Å²) in [6, 6.07) is 1.25. The highest BCUT2D eigenvalue weighted by atomic mass is 16.4. The Morgan fingerprint density at radius 3 is 1.87 bits per heavy atom. The molecule has 1 aromatic carbocycles. The van der Waals surface area contributed by atoms with Gasteiger partial charge in [-0.3, -0.25) is 24.0 Å². The quantitative estimate of drug-likeness (QED) is 0.121. The fourth-order valence-corrected chi connectivity index (χ4v) is 3.90. The maximum atomic E-state index is 13.1. The van der Waals surface area contributed by atoms with Crippen molar-refractivity contribution in [3.63, 3.8) is 0 Å². The zero-order valence-corrected chi connectivity index (χ0v) is 20.8. The molecular formula is C24H34N6O8. The van der Waals surface area contributed by atoms with Gasteiger partial charge in [-0.2, -0.15) is 0 Å². The van der Waals surface area contributed by atoms with Gasteiger partial charge in [0, 0.05) is 19.3 Å². The molecule has 0 bridgehead atoms. The highest BCUT2D eigenvalue weighted by molar-refractivity contribution is 5.94. The first kappa shape index (κ1) is 30.0. The molecule has 10 N–H and O–H groups in total. The molecule has 1 fully saturated rings. The van der Waals surface area contributed by atoms with Gasteiger partial charge >= 0.3 is 5.97 Å². The highest BCUT2D eigenvalue weighted by Crippen LogP contribution is 2.12. The topological polar surface area (TPSA) is 243 Å². The average Bonchev–Trinajstić information content (AvgIpc) is 3.39. The number of carboxylic acids is 1. The Hall–Kier alpha value is -4.20. The van der Waals surface area contributed by atoms with Crippen LogP contribution in [0, 0.1) is 0 Å². The Morgan fingerprint density at radius 1 is 0.868 bits per heavy atom. The van der Waals surface area contributed by atoms with Crippen LogP contribution in [-0.4, -0.2) is 76.4 Å². The van der Waals surface area contributed by atoms with E-state index in [0.717, 1.165) is 6.42 Å². The number of aromatic hydroxyl groups is 1. The van der Waals surface area contributed by atoms with E-state index in [0.29, 0.717) is 18.5 Å². The number of primary amides is 2. The molecule has 1 aliphatic heterocycles. The van der Waals surface area contributed by atoms with E-state index in [9.17, 15) is 39.0 Å². The van der Waals surface area contributed by atoms with E-state index in [1.54, 1.807) is 0 Å². The summed E-state index contributed by atoms with van der Waals surface area (Å²) >= 11 is 0. The second-order valence-corrected chi connectivity index (χ2v) is 9.05. The van der Waals surface area contributed by atoms with Crippen molar-refractivity contribution in [2.45, 2.75) is 69.1 Å². The van der Waals surface area contributed by atoms with Crippen LogP contribution in [0.5, 0.6) is 5.75 Å². The van der Waals surface area contributed by atoms with Gasteiger partial charge in [-0.25, -0.2) is 4.79 Å². The summed E-state index contributed by atoms with van der Waals surface area (Å²) in [6.07, 6.45) is 0.337. The molecular weight excluding hydrogens is 500 g/mol. The van der Waals surface area contributed by atoms with Crippen LogP contribution in [0.3, 0.4) is 0 Å². The smallest absolute Gasteiger partial charge is 0.326 e. The monoisotopic (exact) mass is 534 g/mol. The Balaban J connectivity index is 2.15. The molecule has 1 aromatic rings. The molecule has 1 heterocycles. The SMILES string of the molecule is NC(=O)CCC(NC(=O)C(CCC(N)=O)NC(=O)C1CCCN1)C(=O)NC(Cc1ccc(O)cc1)C(=O)O. The first-order chi connectivity index (χ1) is 18.0. The predicted octanol–water partition coefficient (Wildman–Crippen LogP) is -2.24. The van der Waals surface area contributed by atoms with Crippen LogP contribution in [0.4, 0.5) is 0 Å². The molecule has 0 radical (unpaired) electrons. The third-order valence-corrected chi connectivity index (χ3v) is 5.99. The average molecular weight is 535 g/mol. The molecule has 4 atom stereocenters. The summed E-state index contributed by atoms with van der Waals surface area (Å²) in [6.45, 7) is 0.639. The number of aliphatic carboxylic acids is 1. The van der Waals surface area contributed by atoms with Gasteiger partial charge in [-0.05, 0) is 49.9 Å². The number of carbonyl (C=O) groups excluding carboxylic acids is 5. The second-order valence-electron chi connectivity index (χ2n) is 9.05. The molecule has 38 heavy (non-hydrogen) atoms. The number of amides is 5. The van der Waals surface area contributed by atoms with Gasteiger partial charge < -0.3 is 42.9 Å². The summed E-state index contributed by atoms with van der Waals surface area (Å²) in [4.78, 5) is 73.1. The molecule has 14 nitrogen and oxygen atoms in total. The van der Waals surface area contributed by atoms with Gasteiger partial charge in [0.15, 0.2) is 0 Å². The Bertz CT molecular complexity index is 1030. The molecule has 0 saturated carbocycles. The number of phenols is 1. The van der Waals surface area contributed by atoms with Crippen LogP contribution >= 0.6 is 0 Å². The van der Waals surface area contributed by atoms with E-state index >= 15 is 0 Å². The van der Waals surface area contributed by atoms with E-state index < -0.39 is 59.7 Å². The lowest BCUT2D eigenvalue weighted by Gasteiger charge is -2.25. The van der Waals surface area contributed by atoms with Crippen molar-refractivity contribution in [1.29, 1.82) is 0 Å². The molecule has 14 heteroatoms. The minimum absolute atomic E-state index is 0.0134. The lowest BCUT2D eigenvalue weighted by atomic mass is 10.0. The summed E-state index contributed by atoms with van der Waals surface area (Å²) in [7, 11) is 0. The van der Waals surface area contributed by atoms with Crippen LogP contribution < -0.4 is 32.7 Å². The van der Waals surface area contributed by atoms with Gasteiger partial charge in [-0.15, -0.1) is 0 Å². The number of carbonyl (C=O) groups is 6. The number of phenolic OH excluding ortho intramolecular Hbond substituents is 1. The second kappa shape index (κ2) is 14.5. The summed E-state index contributed by atoms with van der Waals surface area (Å²) in [5.41, 5.74) is 10.9. The van der Waals surface area contributed by atoms with Crippen molar-refractivity contribution in [1.82, 2.24) is 21.3 Å². The standard InChI is InChI=1S/C24H34N6O8/c25-19(32)9-7-16(28-21(34)15-2-1-11-27-15)22(35)29-17(8-10-20(26)33)23(36)30-18(24(37)38)12-13-3-5-14(31)6-4-13/h3-6,15-18,27,31H,1-2,7-12H2,(H2,25,32)(H2,26,33)(H,28,34)(H,29,35)(H,30,36)(H,37,38). The van der Waals surface area contributed by atoms with Crippen molar-refractivity contribution in [3.05, 3.63) is 29.8 Å². The van der Waals surface area contributed by atoms with Crippen molar-refractivity contribution < 1.29 is 39.0 Å². The predicted molar refractivity (Wildman–Crippen MR) is 133 cm³/mol. The summed E-state index contributed by atoms with van der Waals surface area (Å²) in [5, 5.41) is 29.4. The van der Waals surface area contributed by atoms with Crippen LogP contribution in [0.1, 0.15) is 44.1 Å². The molecule has 4 unspecified atom stereocenters. The fourth-order valence-electron chi connectivity index (χ4n) is 3.90. The summed E-state index contributed by atoms with van der Waals surface area (Å²) in [5.74, 6) is -4.96. The van der Waals surface area contributed by atoms with Crippen molar-refractivity contribution >= 4 is 35.5 Å². The highest BCUT2D eigenvalue weighted by Gasteiger charge is 2.31. The molecule has 0 spiro atoms. The van der Waals surface area contributed by atoms with Gasteiger partial charge in [-0.1, -0.05) is 12.1 Å². The van der Waals surface area contributed by atoms with E-state index in [1.807, 2.05) is 0 Å². The molecule has 5 amide bonds. The zero-order valence-electron chi connectivity index (χ0n) is 20.8. The molecule has 0 aliphatic carbocycles. The van der Waals surface area contributed by atoms with Gasteiger partial charge in [0.05, 0.1) is 6.04 Å². The van der Waals surface area contributed by atoms with Crippen molar-refractivity contribution in [2.75, 3.05) is 6.54 Å². The largest absolute Gasteiger partial charge is 0.508 e. The van der Waals surface area contributed by atoms with E-state index in [4.69, 9.17) is 11.5 Å². The number of nitrogens with one attached hydrogen (secondary N) is 4. The van der Waals surface area contributed by atoms with Crippen LogP contribution in [0.15, 0.2) is 24.3 Å². The summed E-state index contributed by atoms with van der Waals surface area (Å²) < 4.78 is 0. The lowest BCUT2D eigenvalue weighted by Crippen LogP contribution is -2.57. The van der Waals surface area contributed by atoms with E-state index in [-0.39, 0.29) is 37.9 Å². The zero-order chi connectivity index (χ0) is 28.2. The molecule has 1 aliphatic rings. The number of hydrogen-bond donors (Lipinski definition) is 8. The third-order valence-electron chi connectivity index (χ3n) is 5.99. The van der Waals surface area contributed by atoms with Crippen LogP contribution in [0.25, 0.3) is 0 Å². The Labute approximate surface area is 218 Å². The number of nitrogens with two attached hydrogens (primary N) is 2. The van der Waals surface area contributed by atoms with Gasteiger partial charge in [0.1, 0.15) is 23.9 Å². The van der Waals surface area contributed by atoms with Crippen molar-refractivity contribution in [2.24, 2.45) is 11.5 Å². The third kappa shape index (κ3) is 10.0. The van der Waals surface area contributed by atoms with Gasteiger partial charge in [0.25, 0.3) is 0 Å². The number of hydrogen-bond acceptors (Lipinski definition) is 8. The maximum absolute atomic E-state index is 13.1. The number of carboxylic acid groups (broad SMARTS) is 1. The van der Waals surface area contributed by atoms with Crippen LogP contribution in [-0.2, 0) is 35.2 Å². The van der Waals surface area contributed by atoms with E-state index in [2.05, 4.69) is 21.3 Å². The first-order valence-electron chi connectivity index (χ1n) is 12.2. The van der Waals surface area contributed by atoms with Crippen molar-refractivity contribution in [3.8, 4) is 5.75 Å². The Morgan fingerprint density at radius 2 is 1.39 bits per heavy atom. The minimum Gasteiger partial charge on any atom is -0.508 e. The van der Waals surface area contributed by atoms with E-state index in [1.165, 1.54) is 24.3 Å². The van der Waals surface area contributed by atoms with Crippen LogP contribution in [0.2, 0.25) is 0 Å². The fraction of sp³-hybridized carbons (Fsp3) is 0.500. The number of rotatable bonds is 15. The van der Waals surface area contributed by atoms with Gasteiger partial charge in [0.2, 0.25) is 29.5 Å². The maximum Gasteiger partial charge on any atom is 0.326 e. The minimum atomic E-state index is -1.39. The molecule has 0 aromatic heterocycles.